The highest BCUT2D eigenvalue weighted by Crippen LogP contribution is 2.17. The fourth-order valence-electron chi connectivity index (χ4n) is 1.78. The molecule has 0 unspecified atom stereocenters. The van der Waals surface area contributed by atoms with Gasteiger partial charge in [-0.25, -0.2) is 9.31 Å². The Bertz CT molecular complexity index is 596. The van der Waals surface area contributed by atoms with Crippen LogP contribution in [0.1, 0.15) is 24.6 Å². The third kappa shape index (κ3) is 2.20. The molecule has 0 saturated heterocycles. The van der Waals surface area contributed by atoms with Crippen LogP contribution in [-0.2, 0) is 4.79 Å². The molecule has 0 radical (unpaired) electrons. The number of rotatable bonds is 3. The summed E-state index contributed by atoms with van der Waals surface area (Å²) >= 11 is 0. The summed E-state index contributed by atoms with van der Waals surface area (Å²) < 4.78 is 1.76. The lowest BCUT2D eigenvalue weighted by atomic mass is 10.1. The standard InChI is InChI=1S/C13H14N2O2/c1-3-10(13(16)17)8-11-5-4-6-15-12(11)7-9(2)14-15/h4-8H,3H2,1-2H3,(H,16,17)/b10-8+. The lowest BCUT2D eigenvalue weighted by Crippen LogP contribution is -1.99. The van der Waals surface area contributed by atoms with Crippen molar-refractivity contribution in [3.63, 3.8) is 0 Å². The van der Waals surface area contributed by atoms with E-state index in [-0.39, 0.29) is 0 Å². The van der Waals surface area contributed by atoms with Crippen LogP contribution in [0.3, 0.4) is 0 Å². The van der Waals surface area contributed by atoms with Crippen LogP contribution in [0.15, 0.2) is 30.0 Å². The van der Waals surface area contributed by atoms with Crippen molar-refractivity contribution in [2.75, 3.05) is 0 Å². The molecule has 17 heavy (non-hydrogen) atoms. The zero-order chi connectivity index (χ0) is 12.4. The van der Waals surface area contributed by atoms with E-state index in [1.807, 2.05) is 38.2 Å². The van der Waals surface area contributed by atoms with Crippen LogP contribution in [0.25, 0.3) is 11.6 Å². The molecule has 4 heteroatoms. The Morgan fingerprint density at radius 3 is 3.00 bits per heavy atom. The van der Waals surface area contributed by atoms with Crippen LogP contribution in [-0.4, -0.2) is 20.7 Å². The molecular weight excluding hydrogens is 216 g/mol. The second-order valence-corrected chi connectivity index (χ2v) is 3.91. The van der Waals surface area contributed by atoms with Gasteiger partial charge in [0.05, 0.1) is 11.2 Å². The average molecular weight is 230 g/mol. The van der Waals surface area contributed by atoms with E-state index in [0.717, 1.165) is 16.8 Å². The fraction of sp³-hybridized carbons (Fsp3) is 0.231. The van der Waals surface area contributed by atoms with E-state index in [4.69, 9.17) is 5.11 Å². The predicted octanol–water partition coefficient (Wildman–Crippen LogP) is 2.52. The summed E-state index contributed by atoms with van der Waals surface area (Å²) in [6, 6.07) is 5.70. The Morgan fingerprint density at radius 2 is 2.35 bits per heavy atom. The predicted molar refractivity (Wildman–Crippen MR) is 65.8 cm³/mol. The molecule has 2 aromatic rings. The quantitative estimate of drug-likeness (QED) is 0.824. The van der Waals surface area contributed by atoms with Gasteiger partial charge in [0.2, 0.25) is 0 Å². The average Bonchev–Trinajstić information content (AvgIpc) is 2.66. The summed E-state index contributed by atoms with van der Waals surface area (Å²) in [5.41, 5.74) is 3.13. The van der Waals surface area contributed by atoms with Crippen LogP contribution < -0.4 is 0 Å². The van der Waals surface area contributed by atoms with Gasteiger partial charge >= 0.3 is 5.97 Å². The number of pyridine rings is 1. The van der Waals surface area contributed by atoms with E-state index in [1.165, 1.54) is 0 Å². The van der Waals surface area contributed by atoms with E-state index in [1.54, 1.807) is 10.6 Å². The monoisotopic (exact) mass is 230 g/mol. The number of aromatic nitrogens is 2. The van der Waals surface area contributed by atoms with Gasteiger partial charge in [-0.3, -0.25) is 0 Å². The molecule has 0 fully saturated rings. The van der Waals surface area contributed by atoms with Crippen molar-refractivity contribution in [1.29, 1.82) is 0 Å². The molecule has 0 amide bonds. The number of carboxylic acid groups (broad SMARTS) is 1. The SMILES string of the molecule is CC/C(=C\c1cccn2nc(C)cc12)C(=O)O. The van der Waals surface area contributed by atoms with Gasteiger partial charge in [0.25, 0.3) is 0 Å². The highest BCUT2D eigenvalue weighted by molar-refractivity contribution is 5.93. The molecule has 0 aromatic carbocycles. The maximum atomic E-state index is 11.0. The van der Waals surface area contributed by atoms with Gasteiger partial charge in [-0.2, -0.15) is 5.10 Å². The summed E-state index contributed by atoms with van der Waals surface area (Å²) in [6.07, 6.45) is 4.06. The van der Waals surface area contributed by atoms with Gasteiger partial charge in [0.1, 0.15) is 0 Å². The number of carbonyl (C=O) groups is 1. The second kappa shape index (κ2) is 4.41. The van der Waals surface area contributed by atoms with E-state index in [0.29, 0.717) is 12.0 Å². The minimum atomic E-state index is -0.870. The molecule has 2 heterocycles. The first-order valence-corrected chi connectivity index (χ1v) is 5.50. The summed E-state index contributed by atoms with van der Waals surface area (Å²) in [6.45, 7) is 3.75. The van der Waals surface area contributed by atoms with Crippen LogP contribution in [0.5, 0.6) is 0 Å². The Labute approximate surface area is 99.2 Å². The lowest BCUT2D eigenvalue weighted by molar-refractivity contribution is -0.132. The smallest absolute Gasteiger partial charge is 0.331 e. The van der Waals surface area contributed by atoms with Crippen LogP contribution in [0, 0.1) is 6.92 Å². The van der Waals surface area contributed by atoms with Gasteiger partial charge in [-0.15, -0.1) is 0 Å². The van der Waals surface area contributed by atoms with Gasteiger partial charge in [0.15, 0.2) is 0 Å². The molecular formula is C13H14N2O2. The first-order valence-electron chi connectivity index (χ1n) is 5.50. The van der Waals surface area contributed by atoms with Gasteiger partial charge < -0.3 is 5.11 Å². The number of nitrogens with zero attached hydrogens (tertiary/aromatic N) is 2. The largest absolute Gasteiger partial charge is 0.478 e. The van der Waals surface area contributed by atoms with Crippen molar-refractivity contribution in [2.24, 2.45) is 0 Å². The number of carboxylic acids is 1. The molecule has 0 aliphatic rings. The Hall–Kier alpha value is -2.10. The molecule has 0 spiro atoms. The third-order valence-corrected chi connectivity index (χ3v) is 2.64. The van der Waals surface area contributed by atoms with E-state index in [2.05, 4.69) is 5.10 Å². The number of fused-ring (bicyclic) bond motifs is 1. The minimum absolute atomic E-state index is 0.400. The summed E-state index contributed by atoms with van der Waals surface area (Å²) in [5, 5.41) is 13.3. The van der Waals surface area contributed by atoms with Gasteiger partial charge in [0, 0.05) is 17.3 Å². The van der Waals surface area contributed by atoms with Crippen molar-refractivity contribution in [3.05, 3.63) is 41.2 Å². The molecule has 1 N–H and O–H groups in total. The number of aliphatic carboxylic acids is 1. The van der Waals surface area contributed by atoms with Crippen molar-refractivity contribution < 1.29 is 9.90 Å². The highest BCUT2D eigenvalue weighted by atomic mass is 16.4. The van der Waals surface area contributed by atoms with E-state index < -0.39 is 5.97 Å². The molecule has 0 aliphatic heterocycles. The minimum Gasteiger partial charge on any atom is -0.478 e. The van der Waals surface area contributed by atoms with E-state index >= 15 is 0 Å². The normalized spacial score (nSPS) is 12.0. The Morgan fingerprint density at radius 1 is 1.59 bits per heavy atom. The number of aryl methyl sites for hydroxylation is 1. The molecule has 0 atom stereocenters. The van der Waals surface area contributed by atoms with Crippen molar-refractivity contribution in [2.45, 2.75) is 20.3 Å². The maximum Gasteiger partial charge on any atom is 0.331 e. The van der Waals surface area contributed by atoms with E-state index in [9.17, 15) is 4.79 Å². The second-order valence-electron chi connectivity index (χ2n) is 3.91. The fourth-order valence-corrected chi connectivity index (χ4v) is 1.78. The van der Waals surface area contributed by atoms with Crippen molar-refractivity contribution in [1.82, 2.24) is 9.61 Å². The van der Waals surface area contributed by atoms with Crippen LogP contribution in [0.4, 0.5) is 0 Å². The maximum absolute atomic E-state index is 11.0. The summed E-state index contributed by atoms with van der Waals surface area (Å²) in [7, 11) is 0. The van der Waals surface area contributed by atoms with Gasteiger partial charge in [-0.05, 0) is 31.6 Å². The first kappa shape index (κ1) is 11.4. The number of hydrogen-bond donors (Lipinski definition) is 1. The first-order chi connectivity index (χ1) is 8.11. The lowest BCUT2D eigenvalue weighted by Gasteiger charge is -2.01. The van der Waals surface area contributed by atoms with Crippen LogP contribution in [0.2, 0.25) is 0 Å². The van der Waals surface area contributed by atoms with Crippen molar-refractivity contribution in [3.8, 4) is 0 Å². The Balaban J connectivity index is 2.59. The van der Waals surface area contributed by atoms with Crippen molar-refractivity contribution >= 4 is 17.6 Å². The molecule has 2 rings (SSSR count). The number of hydrogen-bond acceptors (Lipinski definition) is 2. The highest BCUT2D eigenvalue weighted by Gasteiger charge is 2.07. The molecule has 0 saturated carbocycles. The zero-order valence-corrected chi connectivity index (χ0v) is 9.84. The summed E-state index contributed by atoms with van der Waals surface area (Å²) in [5.74, 6) is -0.870. The zero-order valence-electron chi connectivity index (χ0n) is 9.84. The Kier molecular flexibility index (Phi) is 2.95. The third-order valence-electron chi connectivity index (χ3n) is 2.64. The molecule has 0 bridgehead atoms. The van der Waals surface area contributed by atoms with Gasteiger partial charge in [-0.1, -0.05) is 13.0 Å². The molecule has 0 aliphatic carbocycles. The molecule has 2 aromatic heterocycles. The van der Waals surface area contributed by atoms with Crippen LogP contribution >= 0.6 is 0 Å². The summed E-state index contributed by atoms with van der Waals surface area (Å²) in [4.78, 5) is 11.0. The molecule has 88 valence electrons. The topological polar surface area (TPSA) is 54.6 Å². The molecule has 4 nitrogen and oxygen atoms in total.